The molecule has 4 nitrogen and oxygen atoms in total. The fourth-order valence-corrected chi connectivity index (χ4v) is 3.98. The number of aryl methyl sites for hydroxylation is 1. The van der Waals surface area contributed by atoms with Crippen LogP contribution >= 0.6 is 0 Å². The molecule has 2 aliphatic carbocycles. The first-order valence-electron chi connectivity index (χ1n) is 7.08. The fourth-order valence-electron chi connectivity index (χ4n) is 3.98. The number of rotatable bonds is 5. The molecule has 0 aromatic carbocycles. The smallest absolute Gasteiger partial charge is 0.161 e. The Hall–Kier alpha value is -1.03. The number of hydrogen-bond donors (Lipinski definition) is 1. The summed E-state index contributed by atoms with van der Waals surface area (Å²) < 4.78 is 7.56. The van der Waals surface area contributed by atoms with Gasteiger partial charge in [0.05, 0.1) is 25.0 Å². The molecule has 2 aliphatic rings. The van der Waals surface area contributed by atoms with Crippen molar-refractivity contribution >= 4 is 0 Å². The fraction of sp³-hybridized carbons (Fsp3) is 0.786. The molecule has 0 aliphatic heterocycles. The Morgan fingerprint density at radius 1 is 1.50 bits per heavy atom. The van der Waals surface area contributed by atoms with Crippen LogP contribution in [-0.4, -0.2) is 23.9 Å². The molecule has 0 radical (unpaired) electrons. The molecule has 3 atom stereocenters. The van der Waals surface area contributed by atoms with Crippen molar-refractivity contribution in [3.63, 3.8) is 0 Å². The van der Waals surface area contributed by atoms with Gasteiger partial charge in [0.15, 0.2) is 5.75 Å². The van der Waals surface area contributed by atoms with Gasteiger partial charge in [-0.15, -0.1) is 0 Å². The molecule has 1 heterocycles. The zero-order valence-electron chi connectivity index (χ0n) is 11.5. The zero-order chi connectivity index (χ0) is 12.7. The Bertz CT molecular complexity index is 397. The van der Waals surface area contributed by atoms with Crippen LogP contribution in [-0.2, 0) is 6.54 Å². The highest BCUT2D eigenvalue weighted by atomic mass is 16.5. The first-order valence-corrected chi connectivity index (χ1v) is 7.08. The van der Waals surface area contributed by atoms with E-state index in [9.17, 15) is 0 Å². The lowest BCUT2D eigenvalue weighted by molar-refractivity contribution is 0.370. The van der Waals surface area contributed by atoms with Gasteiger partial charge in [0.1, 0.15) is 0 Å². The minimum absolute atomic E-state index is 0.401. The molecule has 0 saturated heterocycles. The maximum absolute atomic E-state index is 5.49. The van der Waals surface area contributed by atoms with Crippen molar-refractivity contribution in [1.29, 1.82) is 0 Å². The molecule has 18 heavy (non-hydrogen) atoms. The molecule has 1 aromatic heterocycles. The molecule has 0 bridgehead atoms. The van der Waals surface area contributed by atoms with Crippen molar-refractivity contribution in [3.8, 4) is 5.75 Å². The van der Waals surface area contributed by atoms with Crippen molar-refractivity contribution in [2.45, 2.75) is 38.8 Å². The normalized spacial score (nSPS) is 31.2. The van der Waals surface area contributed by atoms with Crippen LogP contribution in [0.15, 0.2) is 6.20 Å². The first kappa shape index (κ1) is 12.0. The topological polar surface area (TPSA) is 39.1 Å². The Kier molecular flexibility index (Phi) is 3.06. The summed E-state index contributed by atoms with van der Waals surface area (Å²) in [4.78, 5) is 0. The van der Waals surface area contributed by atoms with Crippen LogP contribution in [0, 0.1) is 17.8 Å². The molecule has 100 valence electrons. The number of aromatic nitrogens is 2. The van der Waals surface area contributed by atoms with Crippen molar-refractivity contribution in [1.82, 2.24) is 15.1 Å². The van der Waals surface area contributed by atoms with Gasteiger partial charge < -0.3 is 10.1 Å². The third kappa shape index (κ3) is 1.66. The molecular formula is C14H23N3O. The molecule has 3 rings (SSSR count). The standard InChI is InChI=1S/C14H23N3O/c1-4-17-14(11(18-3)8-16-17)13(15-2)12-9-6-5-7-10(9)12/h8-10,12-13,15H,4-7H2,1-3H3. The Labute approximate surface area is 109 Å². The lowest BCUT2D eigenvalue weighted by Gasteiger charge is -2.20. The van der Waals surface area contributed by atoms with Crippen LogP contribution < -0.4 is 10.1 Å². The van der Waals surface area contributed by atoms with E-state index in [2.05, 4.69) is 29.1 Å². The predicted molar refractivity (Wildman–Crippen MR) is 70.6 cm³/mol. The van der Waals surface area contributed by atoms with Crippen molar-refractivity contribution in [2.75, 3.05) is 14.2 Å². The van der Waals surface area contributed by atoms with Crippen LogP contribution in [0.5, 0.6) is 5.75 Å². The molecule has 0 amide bonds. The van der Waals surface area contributed by atoms with E-state index in [-0.39, 0.29) is 0 Å². The summed E-state index contributed by atoms with van der Waals surface area (Å²) in [7, 11) is 3.80. The highest BCUT2D eigenvalue weighted by Gasteiger charge is 2.56. The van der Waals surface area contributed by atoms with Crippen LogP contribution in [0.1, 0.15) is 37.9 Å². The zero-order valence-corrected chi connectivity index (χ0v) is 11.5. The predicted octanol–water partition coefficient (Wildman–Crippen LogP) is 2.22. The lowest BCUT2D eigenvalue weighted by atomic mass is 10.0. The molecule has 3 unspecified atom stereocenters. The van der Waals surface area contributed by atoms with Gasteiger partial charge in [-0.1, -0.05) is 6.42 Å². The van der Waals surface area contributed by atoms with E-state index in [0.29, 0.717) is 6.04 Å². The highest BCUT2D eigenvalue weighted by Crippen LogP contribution is 2.62. The Morgan fingerprint density at radius 3 is 2.78 bits per heavy atom. The minimum Gasteiger partial charge on any atom is -0.493 e. The second-order valence-electron chi connectivity index (χ2n) is 5.52. The van der Waals surface area contributed by atoms with E-state index in [1.165, 1.54) is 25.0 Å². The number of nitrogens with zero attached hydrogens (tertiary/aromatic N) is 2. The third-order valence-corrected chi connectivity index (χ3v) is 4.83. The number of fused-ring (bicyclic) bond motifs is 1. The summed E-state index contributed by atoms with van der Waals surface area (Å²) in [6, 6.07) is 0.401. The third-order valence-electron chi connectivity index (χ3n) is 4.83. The summed E-state index contributed by atoms with van der Waals surface area (Å²) in [5.41, 5.74) is 1.24. The molecular weight excluding hydrogens is 226 g/mol. The van der Waals surface area contributed by atoms with Gasteiger partial charge >= 0.3 is 0 Å². The monoisotopic (exact) mass is 249 g/mol. The molecule has 1 aromatic rings. The number of ether oxygens (including phenoxy) is 1. The Balaban J connectivity index is 1.89. The Morgan fingerprint density at radius 2 is 2.22 bits per heavy atom. The maximum atomic E-state index is 5.49. The summed E-state index contributed by atoms with van der Waals surface area (Å²) in [6.45, 7) is 3.04. The van der Waals surface area contributed by atoms with Gasteiger partial charge in [-0.25, -0.2) is 0 Å². The SMILES string of the molecule is CCn1ncc(OC)c1C(NC)C1C2CCCC21. The van der Waals surface area contributed by atoms with Crippen molar-refractivity contribution in [3.05, 3.63) is 11.9 Å². The van der Waals surface area contributed by atoms with Gasteiger partial charge in [-0.3, -0.25) is 4.68 Å². The largest absolute Gasteiger partial charge is 0.493 e. The molecule has 0 spiro atoms. The second-order valence-corrected chi connectivity index (χ2v) is 5.52. The van der Waals surface area contributed by atoms with Crippen LogP contribution in [0.25, 0.3) is 0 Å². The minimum atomic E-state index is 0.401. The van der Waals surface area contributed by atoms with E-state index in [4.69, 9.17) is 4.74 Å². The summed E-state index contributed by atoms with van der Waals surface area (Å²) in [5.74, 6) is 3.60. The van der Waals surface area contributed by atoms with E-state index in [1.54, 1.807) is 7.11 Å². The summed E-state index contributed by atoms with van der Waals surface area (Å²) in [6.07, 6.45) is 6.10. The molecule has 1 N–H and O–H groups in total. The van der Waals surface area contributed by atoms with Gasteiger partial charge in [0.2, 0.25) is 0 Å². The van der Waals surface area contributed by atoms with Crippen LogP contribution in [0.2, 0.25) is 0 Å². The summed E-state index contributed by atoms with van der Waals surface area (Å²) in [5, 5.41) is 7.93. The van der Waals surface area contributed by atoms with Crippen LogP contribution in [0.4, 0.5) is 0 Å². The second kappa shape index (κ2) is 4.57. The highest BCUT2D eigenvalue weighted by molar-refractivity contribution is 5.31. The summed E-state index contributed by atoms with van der Waals surface area (Å²) >= 11 is 0. The number of nitrogens with one attached hydrogen (secondary N) is 1. The number of methoxy groups -OCH3 is 1. The quantitative estimate of drug-likeness (QED) is 0.869. The first-order chi connectivity index (χ1) is 8.81. The van der Waals surface area contributed by atoms with E-state index in [0.717, 1.165) is 30.0 Å². The van der Waals surface area contributed by atoms with Gasteiger partial charge in [-0.05, 0) is 44.6 Å². The van der Waals surface area contributed by atoms with E-state index >= 15 is 0 Å². The van der Waals surface area contributed by atoms with Crippen molar-refractivity contribution in [2.24, 2.45) is 17.8 Å². The van der Waals surface area contributed by atoms with Gasteiger partial charge in [-0.2, -0.15) is 5.10 Å². The molecule has 2 fully saturated rings. The lowest BCUT2D eigenvalue weighted by Crippen LogP contribution is -2.24. The number of hydrogen-bond acceptors (Lipinski definition) is 3. The average molecular weight is 249 g/mol. The van der Waals surface area contributed by atoms with Crippen LogP contribution in [0.3, 0.4) is 0 Å². The molecule has 4 heteroatoms. The maximum Gasteiger partial charge on any atom is 0.161 e. The van der Waals surface area contributed by atoms with Crippen molar-refractivity contribution < 1.29 is 4.74 Å². The average Bonchev–Trinajstić information content (AvgIpc) is 2.81. The van der Waals surface area contributed by atoms with Gasteiger partial charge in [0, 0.05) is 6.54 Å². The van der Waals surface area contributed by atoms with Gasteiger partial charge in [0.25, 0.3) is 0 Å². The van der Waals surface area contributed by atoms with E-state index in [1.807, 2.05) is 6.20 Å². The molecule has 2 saturated carbocycles. The van der Waals surface area contributed by atoms with E-state index < -0.39 is 0 Å².